The fraction of sp³-hybridized carbons (Fsp3) is 0.368. The molecule has 0 spiro atoms. The lowest BCUT2D eigenvalue weighted by Crippen LogP contribution is -2.13. The Kier molecular flexibility index (Phi) is 3.10. The van der Waals surface area contributed by atoms with Gasteiger partial charge in [0.05, 0.1) is 6.61 Å². The summed E-state index contributed by atoms with van der Waals surface area (Å²) < 4.78 is 9.94. The summed E-state index contributed by atoms with van der Waals surface area (Å²) in [5.74, 6) is 1.11. The third-order valence-electron chi connectivity index (χ3n) is 4.38. The largest absolute Gasteiger partial charge is 0.505 e. The Labute approximate surface area is 140 Å². The van der Waals surface area contributed by atoms with Gasteiger partial charge in [0.25, 0.3) is 0 Å². The zero-order valence-corrected chi connectivity index (χ0v) is 14.6. The van der Waals surface area contributed by atoms with Crippen LogP contribution in [0.4, 0.5) is 0 Å². The van der Waals surface area contributed by atoms with Gasteiger partial charge in [0, 0.05) is 11.6 Å². The molecular formula is C19H23N3O2. The van der Waals surface area contributed by atoms with E-state index < -0.39 is 0 Å². The van der Waals surface area contributed by atoms with Gasteiger partial charge in [0.1, 0.15) is 28.2 Å². The molecule has 126 valence electrons. The highest BCUT2D eigenvalue weighted by molar-refractivity contribution is 5.79. The highest BCUT2D eigenvalue weighted by Crippen LogP contribution is 2.40. The van der Waals surface area contributed by atoms with Gasteiger partial charge >= 0.3 is 0 Å². The Morgan fingerprint density at radius 1 is 1.04 bits per heavy atom. The summed E-state index contributed by atoms with van der Waals surface area (Å²) in [5, 5.41) is 10.9. The Balaban J connectivity index is 1.88. The van der Waals surface area contributed by atoms with Crippen LogP contribution in [-0.2, 0) is 5.41 Å². The maximum Gasteiger partial charge on any atom is 0.147 e. The van der Waals surface area contributed by atoms with Gasteiger partial charge in [-0.05, 0) is 30.0 Å². The van der Waals surface area contributed by atoms with Crippen LogP contribution >= 0.6 is 0 Å². The molecule has 0 amide bonds. The fourth-order valence-electron chi connectivity index (χ4n) is 3.12. The summed E-state index contributed by atoms with van der Waals surface area (Å²) >= 11 is 0. The topological polar surface area (TPSA) is 43.2 Å². The Morgan fingerprint density at radius 2 is 1.67 bits per heavy atom. The van der Waals surface area contributed by atoms with Crippen LogP contribution in [0, 0.1) is 0 Å². The van der Waals surface area contributed by atoms with Crippen molar-refractivity contribution in [3.63, 3.8) is 0 Å². The summed E-state index contributed by atoms with van der Waals surface area (Å²) in [5.41, 5.74) is 3.77. The van der Waals surface area contributed by atoms with Crippen LogP contribution in [0.3, 0.4) is 0 Å². The first-order valence-corrected chi connectivity index (χ1v) is 8.43. The molecule has 0 atom stereocenters. The highest BCUT2D eigenvalue weighted by atomic mass is 16.5. The number of ether oxygens (including phenoxy) is 1. The minimum atomic E-state index is -0.170. The molecule has 5 nitrogen and oxygen atoms in total. The fourth-order valence-corrected chi connectivity index (χ4v) is 3.12. The maximum atomic E-state index is 10.9. The molecule has 0 unspecified atom stereocenters. The van der Waals surface area contributed by atoms with Crippen LogP contribution in [0.5, 0.6) is 11.5 Å². The average Bonchev–Trinajstić information content (AvgIpc) is 3.19. The van der Waals surface area contributed by atoms with E-state index in [4.69, 9.17) is 4.74 Å². The van der Waals surface area contributed by atoms with E-state index in [2.05, 4.69) is 39.8 Å². The van der Waals surface area contributed by atoms with Crippen molar-refractivity contribution >= 4 is 11.0 Å². The van der Waals surface area contributed by atoms with E-state index in [0.717, 1.165) is 34.5 Å². The third-order valence-corrected chi connectivity index (χ3v) is 4.38. The van der Waals surface area contributed by atoms with Gasteiger partial charge in [0.15, 0.2) is 0 Å². The lowest BCUT2D eigenvalue weighted by atomic mass is 9.86. The van der Waals surface area contributed by atoms with Gasteiger partial charge in [-0.1, -0.05) is 39.8 Å². The number of fused-ring (bicyclic) bond motifs is 4. The molecule has 0 fully saturated rings. The first kappa shape index (κ1) is 15.0. The summed E-state index contributed by atoms with van der Waals surface area (Å²) in [6, 6.07) is 12.1. The molecule has 2 aromatic carbocycles. The molecule has 0 saturated carbocycles. The van der Waals surface area contributed by atoms with E-state index in [-0.39, 0.29) is 5.41 Å². The second-order valence-electron chi connectivity index (χ2n) is 7.29. The number of aromatic nitrogens is 3. The van der Waals surface area contributed by atoms with Crippen molar-refractivity contribution in [2.45, 2.75) is 39.5 Å². The van der Waals surface area contributed by atoms with Crippen LogP contribution in [0.15, 0.2) is 36.4 Å². The second kappa shape index (κ2) is 4.97. The van der Waals surface area contributed by atoms with Gasteiger partial charge in [-0.15, -0.1) is 14.1 Å². The summed E-state index contributed by atoms with van der Waals surface area (Å²) in [6.45, 7) is 9.05. The third kappa shape index (κ3) is 2.08. The van der Waals surface area contributed by atoms with E-state index in [1.54, 1.807) is 0 Å². The van der Waals surface area contributed by atoms with Gasteiger partial charge in [-0.25, -0.2) is 0 Å². The van der Waals surface area contributed by atoms with Gasteiger partial charge in [0.2, 0.25) is 0 Å². The lowest BCUT2D eigenvalue weighted by Gasteiger charge is -2.22. The Morgan fingerprint density at radius 3 is 2.21 bits per heavy atom. The van der Waals surface area contributed by atoms with E-state index in [1.165, 1.54) is 0 Å². The van der Waals surface area contributed by atoms with E-state index >= 15 is 0 Å². The van der Waals surface area contributed by atoms with Crippen LogP contribution in [0.25, 0.3) is 16.7 Å². The van der Waals surface area contributed by atoms with E-state index in [1.807, 2.05) is 38.3 Å². The molecule has 0 radical (unpaired) electrons. The second-order valence-corrected chi connectivity index (χ2v) is 7.29. The number of aromatic hydroxyl groups is 1. The number of benzene rings is 2. The Bertz CT molecular complexity index is 955. The molecule has 0 saturated heterocycles. The number of nitrogens with zero attached hydrogens (tertiary/aromatic N) is 3. The SMILES string of the molecule is CCCOc1cc(-n2n3c4ccccc4n23)c(O)c(C(C)(C)C)c1. The Hall–Kier alpha value is -2.56. The molecule has 4 rings (SSSR count). The number of phenols is 1. The van der Waals surface area contributed by atoms with Crippen molar-refractivity contribution in [1.29, 1.82) is 0 Å². The highest BCUT2D eigenvalue weighted by Gasteiger charge is 2.29. The summed E-state index contributed by atoms with van der Waals surface area (Å²) in [4.78, 5) is 1.98. The lowest BCUT2D eigenvalue weighted by molar-refractivity contribution is 0.315. The number of rotatable bonds is 4. The van der Waals surface area contributed by atoms with Gasteiger partial charge in [-0.3, -0.25) is 0 Å². The summed E-state index contributed by atoms with van der Waals surface area (Å²) in [7, 11) is 0. The summed E-state index contributed by atoms with van der Waals surface area (Å²) in [6.07, 6.45) is 0.953. The zero-order valence-electron chi connectivity index (χ0n) is 14.6. The normalized spacial score (nSPS) is 12.7. The van der Waals surface area contributed by atoms with Crippen LogP contribution in [-0.4, -0.2) is 25.8 Å². The number of phenolic OH excluding ortho intramolecular Hbond substituents is 1. The molecule has 2 heterocycles. The van der Waals surface area contributed by atoms with Crippen LogP contribution in [0.2, 0.25) is 0 Å². The minimum Gasteiger partial charge on any atom is -0.505 e. The molecule has 1 N–H and O–H groups in total. The van der Waals surface area contributed by atoms with E-state index in [0.29, 0.717) is 12.4 Å². The molecular weight excluding hydrogens is 302 g/mol. The monoisotopic (exact) mass is 325 g/mol. The maximum absolute atomic E-state index is 10.9. The molecule has 0 aliphatic carbocycles. The standard InChI is InChI=1S/C19H23N3O2/c1-5-10-24-13-11-14(19(2,3)4)18(23)17(12-13)22-20-15-8-6-7-9-16(15)21(20)22/h6-9,11-12,23H,5,10H2,1-4H3. The number of hydrogen-bond donors (Lipinski definition) is 1. The smallest absolute Gasteiger partial charge is 0.147 e. The molecule has 0 aliphatic rings. The van der Waals surface area contributed by atoms with Crippen LogP contribution < -0.4 is 4.74 Å². The molecule has 0 bridgehead atoms. The van der Waals surface area contributed by atoms with Gasteiger partial charge < -0.3 is 9.84 Å². The number of para-hydroxylation sites is 2. The van der Waals surface area contributed by atoms with Crippen molar-refractivity contribution in [1.82, 2.24) is 14.1 Å². The van der Waals surface area contributed by atoms with Crippen molar-refractivity contribution in [2.24, 2.45) is 0 Å². The molecule has 4 aromatic rings. The van der Waals surface area contributed by atoms with E-state index in [9.17, 15) is 5.11 Å². The molecule has 24 heavy (non-hydrogen) atoms. The molecule has 2 aromatic heterocycles. The van der Waals surface area contributed by atoms with Crippen molar-refractivity contribution in [3.05, 3.63) is 42.0 Å². The quantitative estimate of drug-likeness (QED) is 0.611. The first-order valence-electron chi connectivity index (χ1n) is 8.43. The van der Waals surface area contributed by atoms with Gasteiger partial charge in [-0.2, -0.15) is 0 Å². The van der Waals surface area contributed by atoms with Crippen molar-refractivity contribution in [2.75, 3.05) is 6.61 Å². The first-order chi connectivity index (χ1) is 11.4. The number of hydrogen-bond acceptors (Lipinski definition) is 2. The average molecular weight is 325 g/mol. The minimum absolute atomic E-state index is 0.170. The molecule has 5 heteroatoms. The van der Waals surface area contributed by atoms with Crippen molar-refractivity contribution in [3.8, 4) is 17.2 Å². The zero-order chi connectivity index (χ0) is 17.1. The van der Waals surface area contributed by atoms with Crippen molar-refractivity contribution < 1.29 is 9.84 Å². The predicted molar refractivity (Wildman–Crippen MR) is 95.0 cm³/mol. The predicted octanol–water partition coefficient (Wildman–Crippen LogP) is 4.21. The van der Waals surface area contributed by atoms with Crippen LogP contribution in [0.1, 0.15) is 39.7 Å². The molecule has 0 aliphatic heterocycles.